The molecule has 2 N–H and O–H groups in total. The summed E-state index contributed by atoms with van der Waals surface area (Å²) in [4.78, 5) is 0. The fourth-order valence-corrected chi connectivity index (χ4v) is 1.71. The van der Waals surface area contributed by atoms with Crippen LogP contribution in [0.3, 0.4) is 0 Å². The SMILES string of the molecule is CC1(C)Oc2ccccc2[C@@H](O)[C@@H]1O. The number of aliphatic hydroxyl groups excluding tert-OH is 2. The molecule has 1 aliphatic rings. The molecule has 2 rings (SSSR count). The van der Waals surface area contributed by atoms with Crippen LogP contribution >= 0.6 is 0 Å². The fraction of sp³-hybridized carbons (Fsp3) is 0.455. The average molecular weight is 194 g/mol. The Balaban J connectivity index is 2.48. The summed E-state index contributed by atoms with van der Waals surface area (Å²) in [5.41, 5.74) is -0.0901. The van der Waals surface area contributed by atoms with Crippen molar-refractivity contribution in [3.8, 4) is 5.75 Å². The van der Waals surface area contributed by atoms with Gasteiger partial charge in [0.25, 0.3) is 0 Å². The van der Waals surface area contributed by atoms with Gasteiger partial charge < -0.3 is 14.9 Å². The third kappa shape index (κ3) is 1.29. The van der Waals surface area contributed by atoms with Gasteiger partial charge in [-0.2, -0.15) is 0 Å². The molecular weight excluding hydrogens is 180 g/mol. The van der Waals surface area contributed by atoms with E-state index in [4.69, 9.17) is 4.74 Å². The van der Waals surface area contributed by atoms with E-state index in [-0.39, 0.29) is 0 Å². The van der Waals surface area contributed by atoms with E-state index in [1.807, 2.05) is 12.1 Å². The van der Waals surface area contributed by atoms with Gasteiger partial charge in [-0.1, -0.05) is 18.2 Å². The number of aliphatic hydroxyl groups is 2. The van der Waals surface area contributed by atoms with Crippen molar-refractivity contribution in [1.82, 2.24) is 0 Å². The first kappa shape index (κ1) is 9.49. The largest absolute Gasteiger partial charge is 0.485 e. The van der Waals surface area contributed by atoms with E-state index in [1.54, 1.807) is 26.0 Å². The molecule has 2 atom stereocenters. The Bertz CT molecular complexity index is 346. The number of hydrogen-bond acceptors (Lipinski definition) is 3. The molecule has 1 heterocycles. The second kappa shape index (κ2) is 2.97. The highest BCUT2D eigenvalue weighted by Gasteiger charge is 2.41. The summed E-state index contributed by atoms with van der Waals surface area (Å²) in [7, 11) is 0. The summed E-state index contributed by atoms with van der Waals surface area (Å²) in [6, 6.07) is 7.22. The Hall–Kier alpha value is -1.06. The molecule has 3 nitrogen and oxygen atoms in total. The van der Waals surface area contributed by atoms with Crippen molar-refractivity contribution in [2.24, 2.45) is 0 Å². The van der Waals surface area contributed by atoms with Gasteiger partial charge in [-0.25, -0.2) is 0 Å². The van der Waals surface area contributed by atoms with Crippen molar-refractivity contribution < 1.29 is 14.9 Å². The highest BCUT2D eigenvalue weighted by Crippen LogP contribution is 2.39. The minimum absolute atomic E-state index is 0.648. The number of fused-ring (bicyclic) bond motifs is 1. The van der Waals surface area contributed by atoms with E-state index in [2.05, 4.69) is 0 Å². The summed E-state index contributed by atoms with van der Waals surface area (Å²) in [6.07, 6.45) is -1.76. The summed E-state index contributed by atoms with van der Waals surface area (Å²) in [5, 5.41) is 19.6. The molecule has 0 spiro atoms. The number of ether oxygens (including phenoxy) is 1. The Kier molecular flexibility index (Phi) is 2.01. The quantitative estimate of drug-likeness (QED) is 0.653. The van der Waals surface area contributed by atoms with Gasteiger partial charge in [0.2, 0.25) is 0 Å². The van der Waals surface area contributed by atoms with E-state index in [9.17, 15) is 10.2 Å². The maximum atomic E-state index is 9.84. The van der Waals surface area contributed by atoms with Crippen molar-refractivity contribution in [3.05, 3.63) is 29.8 Å². The number of hydrogen-bond donors (Lipinski definition) is 2. The molecule has 1 aliphatic heterocycles. The first-order valence-electron chi connectivity index (χ1n) is 4.66. The summed E-state index contributed by atoms with van der Waals surface area (Å²) in [6.45, 7) is 3.52. The molecule has 0 bridgehead atoms. The highest BCUT2D eigenvalue weighted by atomic mass is 16.5. The Morgan fingerprint density at radius 2 is 1.86 bits per heavy atom. The lowest BCUT2D eigenvalue weighted by molar-refractivity contribution is -0.111. The highest BCUT2D eigenvalue weighted by molar-refractivity contribution is 5.38. The zero-order valence-corrected chi connectivity index (χ0v) is 8.27. The zero-order chi connectivity index (χ0) is 10.3. The Morgan fingerprint density at radius 3 is 2.57 bits per heavy atom. The minimum atomic E-state index is -0.891. The molecule has 76 valence electrons. The second-order valence-electron chi connectivity index (χ2n) is 4.13. The van der Waals surface area contributed by atoms with Crippen LogP contribution in [0.25, 0.3) is 0 Å². The lowest BCUT2D eigenvalue weighted by Gasteiger charge is -2.39. The summed E-state index contributed by atoms with van der Waals surface area (Å²) >= 11 is 0. The molecule has 3 heteroatoms. The molecule has 1 aromatic rings. The lowest BCUT2D eigenvalue weighted by atomic mass is 9.89. The minimum Gasteiger partial charge on any atom is -0.485 e. The van der Waals surface area contributed by atoms with Crippen LogP contribution in [-0.2, 0) is 0 Å². The van der Waals surface area contributed by atoms with E-state index in [0.717, 1.165) is 0 Å². The normalized spacial score (nSPS) is 29.1. The van der Waals surface area contributed by atoms with Crippen LogP contribution in [0.15, 0.2) is 24.3 Å². The van der Waals surface area contributed by atoms with Gasteiger partial charge in [-0.15, -0.1) is 0 Å². The van der Waals surface area contributed by atoms with Gasteiger partial charge in [0.15, 0.2) is 0 Å². The average Bonchev–Trinajstić information content (AvgIpc) is 2.14. The first-order valence-corrected chi connectivity index (χ1v) is 4.66. The van der Waals surface area contributed by atoms with Crippen LogP contribution in [0.4, 0.5) is 0 Å². The molecule has 0 saturated heterocycles. The molecule has 0 amide bonds. The Labute approximate surface area is 83.0 Å². The van der Waals surface area contributed by atoms with Crippen LogP contribution in [0.2, 0.25) is 0 Å². The van der Waals surface area contributed by atoms with Gasteiger partial charge in [-0.05, 0) is 19.9 Å². The maximum Gasteiger partial charge on any atom is 0.132 e. The molecule has 0 aliphatic carbocycles. The molecule has 0 aromatic heterocycles. The van der Waals surface area contributed by atoms with E-state index < -0.39 is 17.8 Å². The van der Waals surface area contributed by atoms with E-state index >= 15 is 0 Å². The van der Waals surface area contributed by atoms with Crippen molar-refractivity contribution in [1.29, 1.82) is 0 Å². The van der Waals surface area contributed by atoms with Gasteiger partial charge in [0.05, 0.1) is 0 Å². The smallest absolute Gasteiger partial charge is 0.132 e. The van der Waals surface area contributed by atoms with Crippen LogP contribution in [-0.4, -0.2) is 21.9 Å². The Morgan fingerprint density at radius 1 is 1.21 bits per heavy atom. The van der Waals surface area contributed by atoms with Crippen molar-refractivity contribution in [2.45, 2.75) is 31.7 Å². The molecular formula is C11H14O3. The van der Waals surface area contributed by atoms with Gasteiger partial charge in [0, 0.05) is 5.56 Å². The van der Waals surface area contributed by atoms with Crippen LogP contribution in [0, 0.1) is 0 Å². The topological polar surface area (TPSA) is 49.7 Å². The van der Waals surface area contributed by atoms with Crippen molar-refractivity contribution >= 4 is 0 Å². The third-order valence-electron chi connectivity index (χ3n) is 2.62. The number of benzene rings is 1. The van der Waals surface area contributed by atoms with Gasteiger partial charge in [0.1, 0.15) is 23.6 Å². The third-order valence-corrected chi connectivity index (χ3v) is 2.62. The predicted octanol–water partition coefficient (Wildman–Crippen LogP) is 1.25. The van der Waals surface area contributed by atoms with Crippen LogP contribution < -0.4 is 4.74 Å². The molecule has 0 unspecified atom stereocenters. The van der Waals surface area contributed by atoms with Crippen LogP contribution in [0.1, 0.15) is 25.5 Å². The summed E-state index contributed by atoms with van der Waals surface area (Å²) < 4.78 is 5.59. The van der Waals surface area contributed by atoms with E-state index in [0.29, 0.717) is 11.3 Å². The molecule has 0 saturated carbocycles. The fourth-order valence-electron chi connectivity index (χ4n) is 1.71. The summed E-state index contributed by atoms with van der Waals surface area (Å²) in [5.74, 6) is 0.648. The second-order valence-corrected chi connectivity index (χ2v) is 4.13. The van der Waals surface area contributed by atoms with Gasteiger partial charge in [-0.3, -0.25) is 0 Å². The molecule has 14 heavy (non-hydrogen) atoms. The lowest BCUT2D eigenvalue weighted by Crippen LogP contribution is -2.48. The monoisotopic (exact) mass is 194 g/mol. The van der Waals surface area contributed by atoms with Crippen molar-refractivity contribution in [2.75, 3.05) is 0 Å². The molecule has 0 fully saturated rings. The van der Waals surface area contributed by atoms with Gasteiger partial charge >= 0.3 is 0 Å². The standard InChI is InChI=1S/C11H14O3/c1-11(2)10(13)9(12)7-5-3-4-6-8(7)14-11/h3-6,9-10,12-13H,1-2H3/t9-,10+/m1/s1. The van der Waals surface area contributed by atoms with Crippen LogP contribution in [0.5, 0.6) is 5.75 Å². The predicted molar refractivity (Wildman–Crippen MR) is 52.1 cm³/mol. The number of rotatable bonds is 0. The molecule has 1 aromatic carbocycles. The first-order chi connectivity index (χ1) is 6.52. The zero-order valence-electron chi connectivity index (χ0n) is 8.27. The van der Waals surface area contributed by atoms with Crippen molar-refractivity contribution in [3.63, 3.8) is 0 Å². The maximum absolute atomic E-state index is 9.84. The van der Waals surface area contributed by atoms with E-state index in [1.165, 1.54) is 0 Å². The number of para-hydroxylation sites is 1. The molecule has 0 radical (unpaired) electrons.